The lowest BCUT2D eigenvalue weighted by Gasteiger charge is -2.19. The number of rotatable bonds is 8. The molecule has 1 atom stereocenters. The summed E-state index contributed by atoms with van der Waals surface area (Å²) in [6.45, 7) is 3.67. The molecular weight excluding hydrogens is 458 g/mol. The van der Waals surface area contributed by atoms with Gasteiger partial charge >= 0.3 is 0 Å². The monoisotopic (exact) mass is 481 g/mol. The first kappa shape index (κ1) is 23.0. The van der Waals surface area contributed by atoms with Gasteiger partial charge in [0.15, 0.2) is 0 Å². The van der Waals surface area contributed by atoms with Gasteiger partial charge in [0, 0.05) is 10.2 Å². The minimum Gasteiger partial charge on any atom is -0.340 e. The number of benzene rings is 1. The number of thioether (sulfide) groups is 1. The average Bonchev–Trinajstić information content (AvgIpc) is 3.00. The molecule has 10 heteroatoms. The maximum Gasteiger partial charge on any atom is 0.260 e. The topological polar surface area (TPSA) is 105 Å². The van der Waals surface area contributed by atoms with Crippen molar-refractivity contribution in [3.05, 3.63) is 51.8 Å². The van der Waals surface area contributed by atoms with Crippen LogP contribution in [0.3, 0.4) is 0 Å². The molecule has 2 aromatic rings. The molecule has 0 saturated heterocycles. The van der Waals surface area contributed by atoms with Crippen LogP contribution in [0.15, 0.2) is 34.8 Å². The van der Waals surface area contributed by atoms with E-state index in [4.69, 9.17) is 0 Å². The van der Waals surface area contributed by atoms with Crippen LogP contribution in [0.5, 0.6) is 0 Å². The Morgan fingerprint density at radius 2 is 1.93 bits per heavy atom. The number of nitrogens with one attached hydrogen (secondary N) is 3. The second kappa shape index (κ2) is 11.0. The molecule has 0 fully saturated rings. The van der Waals surface area contributed by atoms with Crippen LogP contribution < -0.4 is 16.2 Å². The zero-order valence-corrected chi connectivity index (χ0v) is 18.9. The van der Waals surface area contributed by atoms with E-state index in [0.29, 0.717) is 22.2 Å². The van der Waals surface area contributed by atoms with Crippen molar-refractivity contribution in [1.82, 2.24) is 25.9 Å². The van der Waals surface area contributed by atoms with Crippen LogP contribution in [0.2, 0.25) is 0 Å². The van der Waals surface area contributed by atoms with Crippen molar-refractivity contribution in [3.8, 4) is 0 Å². The number of halogens is 1. The van der Waals surface area contributed by atoms with Crippen molar-refractivity contribution in [2.75, 3.05) is 12.0 Å². The van der Waals surface area contributed by atoms with Gasteiger partial charge in [0.05, 0.1) is 11.3 Å². The first-order chi connectivity index (χ1) is 13.8. The Kier molecular flexibility index (Phi) is 8.71. The van der Waals surface area contributed by atoms with E-state index in [0.717, 1.165) is 11.4 Å². The number of amides is 3. The van der Waals surface area contributed by atoms with Gasteiger partial charge < -0.3 is 5.32 Å². The van der Waals surface area contributed by atoms with Gasteiger partial charge in [-0.25, -0.2) is 0 Å². The first-order valence-electron chi connectivity index (χ1n) is 8.96. The Hall–Kier alpha value is -2.33. The van der Waals surface area contributed by atoms with Crippen molar-refractivity contribution >= 4 is 45.4 Å². The summed E-state index contributed by atoms with van der Waals surface area (Å²) >= 11 is 4.90. The molecule has 2 rings (SSSR count). The molecule has 29 heavy (non-hydrogen) atoms. The maximum atomic E-state index is 12.5. The quantitative estimate of drug-likeness (QED) is 0.499. The molecule has 0 radical (unpaired) electrons. The third-order valence-electron chi connectivity index (χ3n) is 4.07. The van der Waals surface area contributed by atoms with E-state index in [9.17, 15) is 14.4 Å². The van der Waals surface area contributed by atoms with E-state index in [1.807, 2.05) is 26.2 Å². The molecule has 1 aromatic heterocycles. The third-order valence-corrected chi connectivity index (χ3v) is 5.41. The van der Waals surface area contributed by atoms with Gasteiger partial charge in [-0.05, 0) is 66.4 Å². The normalized spacial score (nSPS) is 11.6. The van der Waals surface area contributed by atoms with Gasteiger partial charge in [-0.1, -0.05) is 12.1 Å². The van der Waals surface area contributed by atoms with E-state index in [1.54, 1.807) is 40.7 Å². The Morgan fingerprint density at radius 3 is 2.55 bits per heavy atom. The molecule has 3 N–H and O–H groups in total. The number of hydrogen-bond acceptors (Lipinski definition) is 5. The second-order valence-electron chi connectivity index (χ2n) is 6.41. The van der Waals surface area contributed by atoms with Crippen LogP contribution in [0.25, 0.3) is 0 Å². The Bertz CT molecular complexity index is 886. The lowest BCUT2D eigenvalue weighted by molar-refractivity contribution is -0.130. The third kappa shape index (κ3) is 6.90. The Balaban J connectivity index is 1.95. The number of aromatic nitrogens is 2. The predicted molar refractivity (Wildman–Crippen MR) is 116 cm³/mol. The molecule has 0 aliphatic carbocycles. The highest BCUT2D eigenvalue weighted by atomic mass is 79.9. The first-order valence-corrected chi connectivity index (χ1v) is 11.1. The van der Waals surface area contributed by atoms with Gasteiger partial charge in [0.1, 0.15) is 12.6 Å². The number of carbonyl (C=O) groups is 3. The van der Waals surface area contributed by atoms with Crippen LogP contribution in [-0.4, -0.2) is 45.6 Å². The fourth-order valence-electron chi connectivity index (χ4n) is 2.61. The molecule has 0 spiro atoms. The van der Waals surface area contributed by atoms with Gasteiger partial charge in [-0.15, -0.1) is 0 Å². The summed E-state index contributed by atoms with van der Waals surface area (Å²) in [5, 5.41) is 6.94. The standard InChI is InChI=1S/C19H24BrN5O3S/c1-12-10-13(2)25(24-12)11-17(26)22-23-19(28)16(8-9-29-3)21-18(27)14-6-4-5-7-15(14)20/h4-7,10,16H,8-9,11H2,1-3H3,(H,21,27)(H,22,26)(H,23,28)/t16-/m1/s1. The summed E-state index contributed by atoms with van der Waals surface area (Å²) in [6, 6.07) is 8.05. The number of nitrogens with zero attached hydrogens (tertiary/aromatic N) is 2. The molecule has 0 unspecified atom stereocenters. The van der Waals surface area contributed by atoms with Crippen LogP contribution >= 0.6 is 27.7 Å². The second-order valence-corrected chi connectivity index (χ2v) is 8.25. The molecule has 1 aromatic carbocycles. The lowest BCUT2D eigenvalue weighted by atomic mass is 10.1. The van der Waals surface area contributed by atoms with Crippen LogP contribution in [0, 0.1) is 13.8 Å². The van der Waals surface area contributed by atoms with Crippen molar-refractivity contribution in [3.63, 3.8) is 0 Å². The minimum atomic E-state index is -0.781. The summed E-state index contributed by atoms with van der Waals surface area (Å²) < 4.78 is 2.19. The Labute approximate surface area is 182 Å². The highest BCUT2D eigenvalue weighted by Crippen LogP contribution is 2.16. The largest absolute Gasteiger partial charge is 0.340 e. The Morgan fingerprint density at radius 1 is 1.21 bits per heavy atom. The van der Waals surface area contributed by atoms with Crippen molar-refractivity contribution in [2.45, 2.75) is 32.9 Å². The smallest absolute Gasteiger partial charge is 0.260 e. The van der Waals surface area contributed by atoms with Gasteiger partial charge in [-0.2, -0.15) is 16.9 Å². The zero-order chi connectivity index (χ0) is 21.4. The van der Waals surface area contributed by atoms with Crippen molar-refractivity contribution < 1.29 is 14.4 Å². The SMILES string of the molecule is CSCC[C@@H](NC(=O)c1ccccc1Br)C(=O)NNC(=O)Cn1nc(C)cc1C. The average molecular weight is 482 g/mol. The molecule has 1 heterocycles. The number of hydrazine groups is 1. The van der Waals surface area contributed by atoms with E-state index in [1.165, 1.54) is 0 Å². The van der Waals surface area contributed by atoms with E-state index in [2.05, 4.69) is 37.2 Å². The molecule has 0 aliphatic rings. The molecule has 8 nitrogen and oxygen atoms in total. The lowest BCUT2D eigenvalue weighted by Crippen LogP contribution is -2.53. The summed E-state index contributed by atoms with van der Waals surface area (Å²) in [5.74, 6) is -0.590. The summed E-state index contributed by atoms with van der Waals surface area (Å²) in [5.41, 5.74) is 6.87. The number of carbonyl (C=O) groups excluding carboxylic acids is 3. The van der Waals surface area contributed by atoms with Crippen molar-refractivity contribution in [1.29, 1.82) is 0 Å². The highest BCUT2D eigenvalue weighted by molar-refractivity contribution is 9.10. The number of hydrogen-bond donors (Lipinski definition) is 3. The van der Waals surface area contributed by atoms with Gasteiger partial charge in [0.25, 0.3) is 17.7 Å². The fourth-order valence-corrected chi connectivity index (χ4v) is 3.55. The van der Waals surface area contributed by atoms with Crippen LogP contribution in [0.1, 0.15) is 28.2 Å². The summed E-state index contributed by atoms with van der Waals surface area (Å²) in [4.78, 5) is 37.2. The molecular formula is C19H24BrN5O3S. The van der Waals surface area contributed by atoms with Gasteiger partial charge in [-0.3, -0.25) is 29.9 Å². The van der Waals surface area contributed by atoms with E-state index >= 15 is 0 Å². The van der Waals surface area contributed by atoms with E-state index < -0.39 is 17.9 Å². The van der Waals surface area contributed by atoms with E-state index in [-0.39, 0.29) is 12.5 Å². The van der Waals surface area contributed by atoms with Crippen LogP contribution in [-0.2, 0) is 16.1 Å². The molecule has 0 bridgehead atoms. The fraction of sp³-hybridized carbons (Fsp3) is 0.368. The summed E-state index contributed by atoms with van der Waals surface area (Å²) in [7, 11) is 0. The number of aryl methyl sites for hydroxylation is 2. The van der Waals surface area contributed by atoms with Crippen LogP contribution in [0.4, 0.5) is 0 Å². The molecule has 156 valence electrons. The summed E-state index contributed by atoms with van der Waals surface area (Å²) in [6.07, 6.45) is 2.34. The molecule has 0 saturated carbocycles. The molecule has 0 aliphatic heterocycles. The van der Waals surface area contributed by atoms with Crippen molar-refractivity contribution in [2.24, 2.45) is 0 Å². The maximum absolute atomic E-state index is 12.5. The zero-order valence-electron chi connectivity index (χ0n) is 16.5. The van der Waals surface area contributed by atoms with Gasteiger partial charge in [0.2, 0.25) is 0 Å². The minimum absolute atomic E-state index is 0.0151. The predicted octanol–water partition coefficient (Wildman–Crippen LogP) is 1.96. The molecule has 3 amide bonds. The highest BCUT2D eigenvalue weighted by Gasteiger charge is 2.22.